The van der Waals surface area contributed by atoms with Gasteiger partial charge < -0.3 is 5.32 Å². The molecule has 0 bridgehead atoms. The van der Waals surface area contributed by atoms with Gasteiger partial charge in [-0.25, -0.2) is 4.99 Å². The molecule has 5 heteroatoms. The van der Waals surface area contributed by atoms with Gasteiger partial charge in [0.05, 0.1) is 9.80 Å². The van der Waals surface area contributed by atoms with Crippen LogP contribution >= 0.6 is 11.8 Å². The van der Waals surface area contributed by atoms with Gasteiger partial charge in [0, 0.05) is 34.2 Å². The largest absolute Gasteiger partial charge is 0.355 e. The summed E-state index contributed by atoms with van der Waals surface area (Å²) in [5, 5.41) is 3.41. The fourth-order valence-corrected chi connectivity index (χ4v) is 5.69. The van der Waals surface area contributed by atoms with E-state index < -0.39 is 5.92 Å². The molecule has 3 aromatic carbocycles. The van der Waals surface area contributed by atoms with Crippen LogP contribution in [0.2, 0.25) is 0 Å². The summed E-state index contributed by atoms with van der Waals surface area (Å²) in [4.78, 5) is 32.9. The average molecular weight is 436 g/mol. The molecule has 2 N–H and O–H groups in total. The van der Waals surface area contributed by atoms with Crippen molar-refractivity contribution in [1.82, 2.24) is 0 Å². The quantitative estimate of drug-likeness (QED) is 0.633. The Balaban J connectivity index is 1.58. The minimum Gasteiger partial charge on any atom is -0.355 e. The zero-order valence-electron chi connectivity index (χ0n) is 17.3. The van der Waals surface area contributed by atoms with Gasteiger partial charge in [0.25, 0.3) is 0 Å². The van der Waals surface area contributed by atoms with Crippen molar-refractivity contribution in [3.63, 3.8) is 0 Å². The monoisotopic (exact) mass is 435 g/mol. The highest BCUT2D eigenvalue weighted by molar-refractivity contribution is 8.04. The van der Waals surface area contributed by atoms with Crippen LogP contribution in [0.3, 0.4) is 0 Å². The van der Waals surface area contributed by atoms with Crippen LogP contribution in [0.5, 0.6) is 0 Å². The van der Waals surface area contributed by atoms with Crippen LogP contribution in [0.25, 0.3) is 0 Å². The molecule has 1 unspecified atom stereocenters. The van der Waals surface area contributed by atoms with E-state index in [4.69, 9.17) is 0 Å². The number of hydrogen-bond donors (Lipinski definition) is 2. The van der Waals surface area contributed by atoms with Crippen LogP contribution in [-0.4, -0.2) is 17.3 Å². The number of rotatable bonds is 2. The van der Waals surface area contributed by atoms with Gasteiger partial charge in [-0.05, 0) is 36.8 Å². The van der Waals surface area contributed by atoms with Gasteiger partial charge >= 0.3 is 0 Å². The third-order valence-corrected chi connectivity index (χ3v) is 7.15. The van der Waals surface area contributed by atoms with Crippen LogP contribution < -0.4 is 10.3 Å². The first-order valence-electron chi connectivity index (χ1n) is 10.5. The Morgan fingerprint density at radius 1 is 0.906 bits per heavy atom. The summed E-state index contributed by atoms with van der Waals surface area (Å²) in [6, 6.07) is 23.1. The maximum atomic E-state index is 13.7. The predicted octanol–water partition coefficient (Wildman–Crippen LogP) is 4.21. The fourth-order valence-electron chi connectivity index (χ4n) is 4.52. The van der Waals surface area contributed by atoms with E-state index in [0.717, 1.165) is 26.9 Å². The second-order valence-electron chi connectivity index (χ2n) is 8.14. The van der Waals surface area contributed by atoms with Gasteiger partial charge in [-0.15, -0.1) is 0 Å². The van der Waals surface area contributed by atoms with E-state index in [2.05, 4.69) is 23.3 Å². The molecular weight excluding hydrogens is 416 g/mol. The number of para-hydroxylation sites is 1. The number of anilines is 1. The molecule has 0 fully saturated rings. The van der Waals surface area contributed by atoms with Gasteiger partial charge in [0.2, 0.25) is 11.4 Å². The molecule has 154 valence electrons. The van der Waals surface area contributed by atoms with Crippen molar-refractivity contribution in [3.8, 4) is 0 Å². The second-order valence-corrected chi connectivity index (χ2v) is 9.22. The van der Waals surface area contributed by atoms with E-state index >= 15 is 0 Å². The first-order chi connectivity index (χ1) is 15.6. The molecule has 1 heterocycles. The molecule has 0 saturated carbocycles. The molecule has 4 nitrogen and oxygen atoms in total. The Labute approximate surface area is 189 Å². The van der Waals surface area contributed by atoms with Crippen molar-refractivity contribution in [2.75, 3.05) is 5.32 Å². The molecule has 2 aliphatic carbocycles. The third kappa shape index (κ3) is 2.89. The number of hydrogen-bond acceptors (Lipinski definition) is 4. The number of thioether (sulfide) groups is 1. The zero-order valence-corrected chi connectivity index (χ0v) is 18.1. The molecule has 0 amide bonds. The molecule has 1 atom stereocenters. The molecule has 3 aliphatic rings. The van der Waals surface area contributed by atoms with Crippen molar-refractivity contribution < 1.29 is 14.6 Å². The summed E-state index contributed by atoms with van der Waals surface area (Å²) in [7, 11) is 0. The number of benzene rings is 3. The van der Waals surface area contributed by atoms with E-state index in [1.807, 2.05) is 54.6 Å². The second kappa shape index (κ2) is 7.18. The number of allylic oxidation sites excluding steroid dienone is 3. The van der Waals surface area contributed by atoms with Crippen molar-refractivity contribution >= 4 is 40.4 Å². The van der Waals surface area contributed by atoms with Crippen molar-refractivity contribution in [2.45, 2.75) is 11.8 Å². The maximum Gasteiger partial charge on any atom is 0.217 e. The number of carbonyl (C=O) groups excluding carboxylic acids is 2. The van der Waals surface area contributed by atoms with Gasteiger partial charge in [-0.2, -0.15) is 0 Å². The summed E-state index contributed by atoms with van der Waals surface area (Å²) in [5.74, 6) is -0.815. The molecule has 0 aromatic heterocycles. The third-order valence-electron chi connectivity index (χ3n) is 6.03. The lowest BCUT2D eigenvalue weighted by atomic mass is 9.72. The number of ketones is 2. The molecule has 3 aromatic rings. The highest BCUT2D eigenvalue weighted by Gasteiger charge is 2.48. The number of fused-ring (bicyclic) bond motifs is 5. The van der Waals surface area contributed by atoms with E-state index in [-0.39, 0.29) is 11.6 Å². The normalized spacial score (nSPS) is 18.7. The molecular formula is C27H19N2O2S+. The first kappa shape index (κ1) is 19.0. The number of carbonyl (C=O) groups is 2. The SMILES string of the molecule is Cc1ccc2c(c1)SC1=CC(Nc3ccccc3)=C3C(=O)c4ccccc4C(=O)C3C1=[NH+]2. The Bertz CT molecular complexity index is 1420. The highest BCUT2D eigenvalue weighted by Crippen LogP contribution is 2.43. The molecule has 32 heavy (non-hydrogen) atoms. The van der Waals surface area contributed by atoms with Crippen molar-refractivity contribution in [3.05, 3.63) is 112 Å². The van der Waals surface area contributed by atoms with E-state index in [9.17, 15) is 9.59 Å². The Hall–Kier alpha value is -3.70. The lowest BCUT2D eigenvalue weighted by molar-refractivity contribution is -0.359. The number of aryl methyl sites for hydroxylation is 1. The summed E-state index contributed by atoms with van der Waals surface area (Å²) in [5.41, 5.74) is 5.93. The minimum absolute atomic E-state index is 0.0492. The molecule has 0 radical (unpaired) electrons. The van der Waals surface area contributed by atoms with Crippen molar-refractivity contribution in [2.24, 2.45) is 5.92 Å². The first-order valence-corrected chi connectivity index (χ1v) is 11.3. The molecule has 6 rings (SSSR count). The summed E-state index contributed by atoms with van der Waals surface area (Å²) in [6.07, 6.45) is 2.00. The van der Waals surface area contributed by atoms with Crippen molar-refractivity contribution in [1.29, 1.82) is 0 Å². The highest BCUT2D eigenvalue weighted by atomic mass is 32.2. The average Bonchev–Trinajstić information content (AvgIpc) is 2.81. The minimum atomic E-state index is -0.662. The number of Topliss-reactive ketones (excluding diaryl/α,β-unsaturated/α-hetero) is 2. The smallest absolute Gasteiger partial charge is 0.217 e. The van der Waals surface area contributed by atoms with Gasteiger partial charge in [0.15, 0.2) is 11.6 Å². The van der Waals surface area contributed by atoms with E-state index in [0.29, 0.717) is 22.4 Å². The topological polar surface area (TPSA) is 60.1 Å². The van der Waals surface area contributed by atoms with Crippen LogP contribution in [0.15, 0.2) is 99.9 Å². The molecule has 0 saturated heterocycles. The van der Waals surface area contributed by atoms with Crippen LogP contribution in [0, 0.1) is 12.8 Å². The lowest BCUT2D eigenvalue weighted by Gasteiger charge is -2.31. The Morgan fingerprint density at radius 3 is 2.47 bits per heavy atom. The van der Waals surface area contributed by atoms with E-state index in [1.54, 1.807) is 30.0 Å². The van der Waals surface area contributed by atoms with Gasteiger partial charge in [-0.1, -0.05) is 60.3 Å². The van der Waals surface area contributed by atoms with Crippen LogP contribution in [0.4, 0.5) is 11.4 Å². The lowest BCUT2D eigenvalue weighted by Crippen LogP contribution is -2.71. The van der Waals surface area contributed by atoms with Crippen LogP contribution in [-0.2, 0) is 0 Å². The van der Waals surface area contributed by atoms with Crippen LogP contribution in [0.1, 0.15) is 26.3 Å². The predicted molar refractivity (Wildman–Crippen MR) is 126 cm³/mol. The Kier molecular flexibility index (Phi) is 4.26. The molecule has 0 spiro atoms. The van der Waals surface area contributed by atoms with Gasteiger partial charge in [0.1, 0.15) is 5.92 Å². The summed E-state index contributed by atoms with van der Waals surface area (Å²) >= 11 is 1.63. The van der Waals surface area contributed by atoms with E-state index in [1.165, 1.54) is 5.56 Å². The number of nitrogens with one attached hydrogen (secondary N) is 2. The maximum absolute atomic E-state index is 13.7. The summed E-state index contributed by atoms with van der Waals surface area (Å²) in [6.45, 7) is 2.07. The molecule has 1 aliphatic heterocycles. The fraction of sp³-hybridized carbons (Fsp3) is 0.0741. The Morgan fingerprint density at radius 2 is 1.66 bits per heavy atom. The summed E-state index contributed by atoms with van der Waals surface area (Å²) < 4.78 is 0. The zero-order chi connectivity index (χ0) is 21.8. The standard InChI is InChI=1S/C27H18N2O2S/c1-15-11-12-19-21(13-15)32-22-14-20(28-16-7-3-2-4-8-16)23-24(25(22)29-19)27(31)18-10-6-5-9-17(18)26(23)30/h2-14,24,28H,1H3/p+1. The van der Waals surface area contributed by atoms with Gasteiger partial charge in [-0.3, -0.25) is 9.59 Å².